The van der Waals surface area contributed by atoms with Crippen LogP contribution in [0.25, 0.3) is 0 Å². The van der Waals surface area contributed by atoms with Gasteiger partial charge in [-0.25, -0.2) is 0 Å². The maximum Gasteiger partial charge on any atom is 0.120 e. The lowest BCUT2D eigenvalue weighted by Crippen LogP contribution is -1.89. The Hall–Kier alpha value is -0.650. The van der Waals surface area contributed by atoms with Gasteiger partial charge in [0.25, 0.3) is 0 Å². The molecule has 0 fully saturated rings. The van der Waals surface area contributed by atoms with E-state index in [-0.39, 0.29) is 0 Å². The van der Waals surface area contributed by atoms with Crippen molar-refractivity contribution < 1.29 is 9.47 Å². The second-order valence-corrected chi connectivity index (χ2v) is 7.10. The summed E-state index contributed by atoms with van der Waals surface area (Å²) < 4.78 is 12.6. The van der Waals surface area contributed by atoms with Crippen LogP contribution in [0.4, 0.5) is 0 Å². The van der Waals surface area contributed by atoms with Crippen LogP contribution in [0.5, 0.6) is 11.5 Å². The minimum atomic E-state index is 0.869. The van der Waals surface area contributed by atoms with E-state index in [0.717, 1.165) is 32.0 Å². The fourth-order valence-corrected chi connectivity index (χ4v) is 4.23. The van der Waals surface area contributed by atoms with Gasteiger partial charge in [0, 0.05) is 20.5 Å². The summed E-state index contributed by atoms with van der Waals surface area (Å²) in [5.41, 5.74) is 2.54. The molecule has 0 N–H and O–H groups in total. The lowest BCUT2D eigenvalue weighted by molar-refractivity contribution is 0.414. The first kappa shape index (κ1) is 16.7. The minimum Gasteiger partial charge on any atom is -0.497 e. The predicted molar refractivity (Wildman–Crippen MR) is 96.4 cm³/mol. The highest BCUT2D eigenvalue weighted by Gasteiger charge is 2.05. The minimum absolute atomic E-state index is 0.869. The lowest BCUT2D eigenvalue weighted by Gasteiger charge is -2.09. The van der Waals surface area contributed by atoms with Gasteiger partial charge in [0.2, 0.25) is 0 Å². The summed E-state index contributed by atoms with van der Waals surface area (Å²) in [7, 11) is 3.36. The van der Waals surface area contributed by atoms with Crippen LogP contribution >= 0.6 is 43.6 Å². The van der Waals surface area contributed by atoms with Crippen molar-refractivity contribution in [1.29, 1.82) is 0 Å². The van der Waals surface area contributed by atoms with Crippen molar-refractivity contribution in [2.24, 2.45) is 0 Å². The first-order valence-electron chi connectivity index (χ1n) is 6.36. The number of ether oxygens (including phenoxy) is 2. The van der Waals surface area contributed by atoms with Crippen LogP contribution < -0.4 is 9.47 Å². The van der Waals surface area contributed by atoms with E-state index in [1.807, 2.05) is 36.0 Å². The highest BCUT2D eigenvalue weighted by Crippen LogP contribution is 2.30. The molecule has 21 heavy (non-hydrogen) atoms. The highest BCUT2D eigenvalue weighted by atomic mass is 79.9. The maximum atomic E-state index is 5.21. The monoisotopic (exact) mass is 430 g/mol. The second kappa shape index (κ2) is 8.11. The molecule has 0 aromatic heterocycles. The Balaban J connectivity index is 1.95. The molecular weight excluding hydrogens is 416 g/mol. The number of hydrogen-bond donors (Lipinski definition) is 0. The smallest absolute Gasteiger partial charge is 0.120 e. The summed E-state index contributed by atoms with van der Waals surface area (Å²) in [6.45, 7) is 0. The largest absolute Gasteiger partial charge is 0.497 e. The van der Waals surface area contributed by atoms with Crippen molar-refractivity contribution in [3.63, 3.8) is 0 Å². The zero-order valence-corrected chi connectivity index (χ0v) is 15.8. The van der Waals surface area contributed by atoms with Gasteiger partial charge in [-0.15, -0.1) is 0 Å². The van der Waals surface area contributed by atoms with Crippen LogP contribution in [0.3, 0.4) is 0 Å². The van der Waals surface area contributed by atoms with Crippen LogP contribution in [0.2, 0.25) is 0 Å². The van der Waals surface area contributed by atoms with Gasteiger partial charge in [-0.05, 0) is 35.4 Å². The zero-order chi connectivity index (χ0) is 15.2. The number of benzene rings is 2. The van der Waals surface area contributed by atoms with Crippen LogP contribution in [0.1, 0.15) is 11.1 Å². The molecule has 0 aliphatic heterocycles. The summed E-state index contributed by atoms with van der Waals surface area (Å²) in [4.78, 5) is 0. The van der Waals surface area contributed by atoms with Gasteiger partial charge in [-0.3, -0.25) is 0 Å². The zero-order valence-electron chi connectivity index (χ0n) is 11.9. The molecule has 2 aromatic rings. The molecule has 2 rings (SSSR count). The average Bonchev–Trinajstić information content (AvgIpc) is 2.50. The fourth-order valence-electron chi connectivity index (χ4n) is 1.82. The molecule has 0 unspecified atom stereocenters. The number of rotatable bonds is 6. The molecule has 0 radical (unpaired) electrons. The van der Waals surface area contributed by atoms with Gasteiger partial charge in [-0.2, -0.15) is 11.8 Å². The molecule has 0 bridgehead atoms. The third-order valence-electron chi connectivity index (χ3n) is 3.04. The Kier molecular flexibility index (Phi) is 6.45. The van der Waals surface area contributed by atoms with Crippen LogP contribution in [0, 0.1) is 0 Å². The molecule has 0 amide bonds. The summed E-state index contributed by atoms with van der Waals surface area (Å²) in [6, 6.07) is 12.2. The van der Waals surface area contributed by atoms with Crippen molar-refractivity contribution in [2.75, 3.05) is 14.2 Å². The molecule has 0 saturated carbocycles. The second-order valence-electron chi connectivity index (χ2n) is 4.41. The van der Waals surface area contributed by atoms with Gasteiger partial charge in [0.15, 0.2) is 0 Å². The molecule has 0 saturated heterocycles. The Morgan fingerprint density at radius 2 is 1.24 bits per heavy atom. The van der Waals surface area contributed by atoms with Gasteiger partial charge >= 0.3 is 0 Å². The van der Waals surface area contributed by atoms with Crippen molar-refractivity contribution in [2.45, 2.75) is 11.5 Å². The lowest BCUT2D eigenvalue weighted by atomic mass is 10.2. The van der Waals surface area contributed by atoms with Gasteiger partial charge in [0.1, 0.15) is 11.5 Å². The molecule has 0 spiro atoms. The molecule has 0 atom stereocenters. The number of hydrogen-bond acceptors (Lipinski definition) is 3. The van der Waals surface area contributed by atoms with Gasteiger partial charge in [-0.1, -0.05) is 44.0 Å². The average molecular weight is 432 g/mol. The first-order chi connectivity index (χ1) is 10.1. The van der Waals surface area contributed by atoms with E-state index in [2.05, 4.69) is 44.0 Å². The Morgan fingerprint density at radius 1 is 0.810 bits per heavy atom. The molecule has 0 aliphatic carbocycles. The third kappa shape index (κ3) is 4.66. The fraction of sp³-hybridized carbons (Fsp3) is 0.250. The van der Waals surface area contributed by atoms with Crippen LogP contribution in [-0.4, -0.2) is 14.2 Å². The topological polar surface area (TPSA) is 18.5 Å². The van der Waals surface area contributed by atoms with Crippen LogP contribution in [-0.2, 0) is 11.5 Å². The van der Waals surface area contributed by atoms with Crippen molar-refractivity contribution in [3.05, 3.63) is 56.5 Å². The van der Waals surface area contributed by atoms with Crippen molar-refractivity contribution in [1.82, 2.24) is 0 Å². The molecule has 2 aromatic carbocycles. The van der Waals surface area contributed by atoms with E-state index in [4.69, 9.17) is 9.47 Å². The van der Waals surface area contributed by atoms with Crippen LogP contribution in [0.15, 0.2) is 45.3 Å². The molecule has 112 valence electrons. The molecule has 0 heterocycles. The van der Waals surface area contributed by atoms with Gasteiger partial charge < -0.3 is 9.47 Å². The normalized spacial score (nSPS) is 10.5. The quantitative estimate of drug-likeness (QED) is 0.587. The highest BCUT2D eigenvalue weighted by molar-refractivity contribution is 9.10. The molecule has 2 nitrogen and oxygen atoms in total. The number of halogens is 2. The van der Waals surface area contributed by atoms with E-state index in [1.54, 1.807) is 14.2 Å². The van der Waals surface area contributed by atoms with Crippen molar-refractivity contribution >= 4 is 43.6 Å². The molecule has 5 heteroatoms. The van der Waals surface area contributed by atoms with E-state index >= 15 is 0 Å². The van der Waals surface area contributed by atoms with E-state index < -0.39 is 0 Å². The summed E-state index contributed by atoms with van der Waals surface area (Å²) >= 11 is 9.05. The number of thioether (sulfide) groups is 1. The number of methoxy groups -OCH3 is 2. The summed E-state index contributed by atoms with van der Waals surface area (Å²) in [5, 5.41) is 0. The Labute approximate surface area is 146 Å². The first-order valence-corrected chi connectivity index (χ1v) is 9.10. The Bertz CT molecular complexity index is 564. The van der Waals surface area contributed by atoms with E-state index in [9.17, 15) is 0 Å². The van der Waals surface area contributed by atoms with E-state index in [1.165, 1.54) is 11.1 Å². The van der Waals surface area contributed by atoms with Gasteiger partial charge in [0.05, 0.1) is 14.2 Å². The standard InChI is InChI=1S/C16H16Br2O2S/c1-19-13-5-3-11(15(17)7-13)9-21-10-12-4-6-14(20-2)8-16(12)18/h3-8H,9-10H2,1-2H3. The predicted octanol–water partition coefficient (Wildman–Crippen LogP) is 5.66. The summed E-state index contributed by atoms with van der Waals surface area (Å²) in [5.74, 6) is 3.63. The SMILES string of the molecule is COc1ccc(CSCc2ccc(OC)cc2Br)c(Br)c1. The van der Waals surface area contributed by atoms with E-state index in [0.29, 0.717) is 0 Å². The molecule has 0 aliphatic rings. The molecular formula is C16H16Br2O2S. The summed E-state index contributed by atoms with van der Waals surface area (Å²) in [6.07, 6.45) is 0. The third-order valence-corrected chi connectivity index (χ3v) is 5.54. The Morgan fingerprint density at radius 3 is 1.57 bits per heavy atom. The van der Waals surface area contributed by atoms with Crippen molar-refractivity contribution in [3.8, 4) is 11.5 Å². The maximum absolute atomic E-state index is 5.21.